The van der Waals surface area contributed by atoms with Gasteiger partial charge in [-0.1, -0.05) is 12.1 Å². The summed E-state index contributed by atoms with van der Waals surface area (Å²) >= 11 is 0. The summed E-state index contributed by atoms with van der Waals surface area (Å²) in [4.78, 5) is 12.4. The lowest BCUT2D eigenvalue weighted by molar-refractivity contribution is -0.116. The molecule has 0 saturated heterocycles. The summed E-state index contributed by atoms with van der Waals surface area (Å²) in [5.41, 5.74) is 5.33. The number of amides is 1. The molecule has 1 heterocycles. The van der Waals surface area contributed by atoms with Gasteiger partial charge in [-0.05, 0) is 56.5 Å². The van der Waals surface area contributed by atoms with Crippen LogP contribution >= 0.6 is 0 Å². The lowest BCUT2D eigenvalue weighted by atomic mass is 9.96. The second-order valence-corrected chi connectivity index (χ2v) is 7.51. The largest absolute Gasteiger partial charge is 0.497 e. The molecule has 0 radical (unpaired) electrons. The zero-order valence-corrected chi connectivity index (χ0v) is 19.4. The highest BCUT2D eigenvalue weighted by atomic mass is 16.5. The maximum absolute atomic E-state index is 12.4. The molecule has 0 aliphatic carbocycles. The third-order valence-corrected chi connectivity index (χ3v) is 5.39. The van der Waals surface area contributed by atoms with Gasteiger partial charge in [-0.2, -0.15) is 0 Å². The van der Waals surface area contributed by atoms with E-state index in [0.29, 0.717) is 25.5 Å². The van der Waals surface area contributed by atoms with Crippen LogP contribution in [0.4, 0.5) is 0 Å². The fourth-order valence-electron chi connectivity index (χ4n) is 3.72. The van der Waals surface area contributed by atoms with Gasteiger partial charge in [0.15, 0.2) is 0 Å². The Hall–Kier alpha value is -3.25. The van der Waals surface area contributed by atoms with E-state index in [1.807, 2.05) is 51.1 Å². The van der Waals surface area contributed by atoms with Gasteiger partial charge in [0.05, 0.1) is 20.5 Å². The number of fused-ring (bicyclic) bond motifs is 1. The van der Waals surface area contributed by atoms with Gasteiger partial charge in [0.1, 0.15) is 17.1 Å². The van der Waals surface area contributed by atoms with Crippen molar-refractivity contribution in [1.29, 1.82) is 0 Å². The minimum Gasteiger partial charge on any atom is -0.497 e. The first kappa shape index (κ1) is 23.4. The van der Waals surface area contributed by atoms with Crippen LogP contribution in [0.1, 0.15) is 31.4 Å². The van der Waals surface area contributed by atoms with E-state index in [9.17, 15) is 4.79 Å². The average molecular weight is 438 g/mol. The molecule has 0 bridgehead atoms. The van der Waals surface area contributed by atoms with Crippen molar-refractivity contribution in [3.63, 3.8) is 0 Å². The standard InChI is InChI=1S/C26H31NO5/c1-6-31-13-7-12-27-24(28)14-17(2)21-15-22-23(19-8-10-20(29-4)11-9-19)16-32-26(22)18(3)25(21)30-5/h8-11,14-16H,6-7,12-13H2,1-5H3,(H,27,28)/b17-14+. The maximum Gasteiger partial charge on any atom is 0.244 e. The van der Waals surface area contributed by atoms with Crippen molar-refractivity contribution in [2.45, 2.75) is 27.2 Å². The first-order valence-corrected chi connectivity index (χ1v) is 10.8. The predicted octanol–water partition coefficient (Wildman–Crippen LogP) is 5.37. The van der Waals surface area contributed by atoms with Gasteiger partial charge in [0.2, 0.25) is 5.91 Å². The third-order valence-electron chi connectivity index (χ3n) is 5.39. The highest BCUT2D eigenvalue weighted by Crippen LogP contribution is 2.40. The van der Waals surface area contributed by atoms with Crippen LogP contribution in [0, 0.1) is 6.92 Å². The molecule has 0 aliphatic heterocycles. The number of rotatable bonds is 10. The van der Waals surface area contributed by atoms with Crippen LogP contribution in [-0.4, -0.2) is 39.9 Å². The zero-order chi connectivity index (χ0) is 23.1. The Kier molecular flexibility index (Phi) is 7.95. The van der Waals surface area contributed by atoms with Gasteiger partial charge in [-0.15, -0.1) is 0 Å². The van der Waals surface area contributed by atoms with Gasteiger partial charge in [0.25, 0.3) is 0 Å². The SMILES string of the molecule is CCOCCCNC(=O)/C=C(\C)c1cc2c(-c3ccc(OC)cc3)coc2c(C)c1OC. The molecule has 0 saturated carbocycles. The number of ether oxygens (including phenoxy) is 3. The van der Waals surface area contributed by atoms with Crippen molar-refractivity contribution >= 4 is 22.4 Å². The van der Waals surface area contributed by atoms with Crippen molar-refractivity contribution in [2.75, 3.05) is 34.0 Å². The van der Waals surface area contributed by atoms with E-state index in [1.165, 1.54) is 0 Å². The number of carbonyl (C=O) groups excluding carboxylic acids is 1. The smallest absolute Gasteiger partial charge is 0.244 e. The molecule has 1 aromatic heterocycles. The second kappa shape index (κ2) is 10.9. The van der Waals surface area contributed by atoms with Crippen LogP contribution in [0.2, 0.25) is 0 Å². The van der Waals surface area contributed by atoms with Crippen LogP contribution in [0.3, 0.4) is 0 Å². The van der Waals surface area contributed by atoms with Crippen LogP contribution in [0.25, 0.3) is 27.7 Å². The fraction of sp³-hybridized carbons (Fsp3) is 0.346. The van der Waals surface area contributed by atoms with E-state index in [1.54, 1.807) is 26.6 Å². The number of hydrogen-bond acceptors (Lipinski definition) is 5. The molecule has 1 amide bonds. The average Bonchev–Trinajstić information content (AvgIpc) is 3.23. The van der Waals surface area contributed by atoms with Crippen molar-refractivity contribution in [2.24, 2.45) is 0 Å². The normalized spacial score (nSPS) is 11.6. The topological polar surface area (TPSA) is 69.9 Å². The quantitative estimate of drug-likeness (QED) is 0.341. The van der Waals surface area contributed by atoms with E-state index in [4.69, 9.17) is 18.6 Å². The first-order chi connectivity index (χ1) is 15.5. The molecule has 0 aliphatic rings. The van der Waals surface area contributed by atoms with E-state index in [0.717, 1.165) is 51.0 Å². The Morgan fingerprint density at radius 1 is 1.16 bits per heavy atom. The van der Waals surface area contributed by atoms with Crippen LogP contribution < -0.4 is 14.8 Å². The Bertz CT molecular complexity index is 1100. The minimum atomic E-state index is -0.138. The number of benzene rings is 2. The van der Waals surface area contributed by atoms with Crippen molar-refractivity contribution < 1.29 is 23.4 Å². The summed E-state index contributed by atoms with van der Waals surface area (Å²) in [7, 11) is 3.28. The number of allylic oxidation sites excluding steroid dienone is 1. The summed E-state index contributed by atoms with van der Waals surface area (Å²) < 4.78 is 22.2. The lowest BCUT2D eigenvalue weighted by Gasteiger charge is -2.13. The molecular weight excluding hydrogens is 406 g/mol. The van der Waals surface area contributed by atoms with Crippen molar-refractivity contribution in [1.82, 2.24) is 5.32 Å². The molecule has 0 unspecified atom stereocenters. The van der Waals surface area contributed by atoms with E-state index in [-0.39, 0.29) is 5.91 Å². The van der Waals surface area contributed by atoms with Gasteiger partial charge < -0.3 is 23.9 Å². The van der Waals surface area contributed by atoms with Crippen LogP contribution in [0.15, 0.2) is 47.1 Å². The monoisotopic (exact) mass is 437 g/mol. The third kappa shape index (κ3) is 5.14. The van der Waals surface area contributed by atoms with Gasteiger partial charge in [0, 0.05) is 47.9 Å². The van der Waals surface area contributed by atoms with E-state index < -0.39 is 0 Å². The Labute approximate surface area is 189 Å². The van der Waals surface area contributed by atoms with Crippen molar-refractivity contribution in [3.05, 3.63) is 53.8 Å². The number of carbonyl (C=O) groups is 1. The molecule has 32 heavy (non-hydrogen) atoms. The summed E-state index contributed by atoms with van der Waals surface area (Å²) in [5.74, 6) is 1.36. The predicted molar refractivity (Wildman–Crippen MR) is 127 cm³/mol. The first-order valence-electron chi connectivity index (χ1n) is 10.8. The van der Waals surface area contributed by atoms with Gasteiger partial charge in [-0.3, -0.25) is 4.79 Å². The summed E-state index contributed by atoms with van der Waals surface area (Å²) in [6.45, 7) is 7.72. The van der Waals surface area contributed by atoms with Crippen LogP contribution in [0.5, 0.6) is 11.5 Å². The molecule has 0 fully saturated rings. The van der Waals surface area contributed by atoms with Gasteiger partial charge in [-0.25, -0.2) is 0 Å². The fourth-order valence-corrected chi connectivity index (χ4v) is 3.72. The Morgan fingerprint density at radius 2 is 1.91 bits per heavy atom. The molecule has 0 spiro atoms. The number of aryl methyl sites for hydroxylation is 1. The Balaban J connectivity index is 1.94. The molecule has 6 nitrogen and oxygen atoms in total. The summed E-state index contributed by atoms with van der Waals surface area (Å²) in [6.07, 6.45) is 4.14. The lowest BCUT2D eigenvalue weighted by Crippen LogP contribution is -2.23. The van der Waals surface area contributed by atoms with E-state index >= 15 is 0 Å². The number of furan rings is 1. The minimum absolute atomic E-state index is 0.138. The Morgan fingerprint density at radius 3 is 2.56 bits per heavy atom. The molecule has 1 N–H and O–H groups in total. The molecule has 6 heteroatoms. The molecule has 3 rings (SSSR count). The van der Waals surface area contributed by atoms with Gasteiger partial charge >= 0.3 is 0 Å². The summed E-state index contributed by atoms with van der Waals surface area (Å²) in [6, 6.07) is 9.87. The number of hydrogen-bond donors (Lipinski definition) is 1. The molecule has 2 aromatic carbocycles. The number of methoxy groups -OCH3 is 2. The molecule has 0 atom stereocenters. The maximum atomic E-state index is 12.4. The van der Waals surface area contributed by atoms with Crippen LogP contribution in [-0.2, 0) is 9.53 Å². The zero-order valence-electron chi connectivity index (χ0n) is 19.4. The molecular formula is C26H31NO5. The molecule has 3 aromatic rings. The van der Waals surface area contributed by atoms with E-state index in [2.05, 4.69) is 5.32 Å². The highest BCUT2D eigenvalue weighted by Gasteiger charge is 2.18. The number of nitrogens with one attached hydrogen (secondary N) is 1. The second-order valence-electron chi connectivity index (χ2n) is 7.51. The molecule has 170 valence electrons. The summed E-state index contributed by atoms with van der Waals surface area (Å²) in [5, 5.41) is 3.87. The highest BCUT2D eigenvalue weighted by molar-refractivity contribution is 6.01. The van der Waals surface area contributed by atoms with Crippen molar-refractivity contribution in [3.8, 4) is 22.6 Å².